The van der Waals surface area contributed by atoms with E-state index in [1.807, 2.05) is 69.4 Å². The van der Waals surface area contributed by atoms with Gasteiger partial charge < -0.3 is 0 Å². The van der Waals surface area contributed by atoms with Crippen LogP contribution in [0.1, 0.15) is 45.8 Å². The first-order valence-corrected chi connectivity index (χ1v) is 11.5. The molecule has 1 aromatic rings. The van der Waals surface area contributed by atoms with Crippen molar-refractivity contribution >= 4 is 16.8 Å². The van der Waals surface area contributed by atoms with Crippen LogP contribution in [-0.4, -0.2) is 14.8 Å². The molecule has 0 fully saturated rings. The van der Waals surface area contributed by atoms with Gasteiger partial charge in [-0.25, -0.2) is 0 Å². The van der Waals surface area contributed by atoms with E-state index in [-0.39, 0.29) is 0 Å². The monoisotopic (exact) mass is 449 g/mol. The molecule has 174 valence electrons. The van der Waals surface area contributed by atoms with Crippen LogP contribution >= 0.6 is 0 Å². The largest absolute Gasteiger partial charge is 0.275 e. The van der Waals surface area contributed by atoms with Crippen molar-refractivity contribution in [3.05, 3.63) is 139 Å². The SMILES string of the molecule is C=C/C=C\C(=C/C)n1c(C(/C=C\C)=C(/C=C)C2=CC=CC=C(C)C2)nnc1/C(C=C)=C/C=C\C. The Labute approximate surface area is 205 Å². The van der Waals surface area contributed by atoms with Crippen LogP contribution in [0.4, 0.5) is 0 Å². The maximum atomic E-state index is 4.68. The van der Waals surface area contributed by atoms with Crippen LogP contribution in [0.3, 0.4) is 0 Å². The van der Waals surface area contributed by atoms with E-state index < -0.39 is 0 Å². The van der Waals surface area contributed by atoms with Crippen molar-refractivity contribution in [1.82, 2.24) is 14.8 Å². The second-order valence-electron chi connectivity index (χ2n) is 7.64. The fourth-order valence-corrected chi connectivity index (χ4v) is 3.65. The van der Waals surface area contributed by atoms with Crippen molar-refractivity contribution < 1.29 is 0 Å². The van der Waals surface area contributed by atoms with E-state index in [4.69, 9.17) is 0 Å². The number of allylic oxidation sites excluding steroid dienone is 21. The highest BCUT2D eigenvalue weighted by molar-refractivity contribution is 5.83. The summed E-state index contributed by atoms with van der Waals surface area (Å²) >= 11 is 0. The number of aromatic nitrogens is 3. The Kier molecular flexibility index (Phi) is 10.5. The van der Waals surface area contributed by atoms with E-state index in [1.54, 1.807) is 12.2 Å². The molecule has 0 atom stereocenters. The van der Waals surface area contributed by atoms with E-state index >= 15 is 0 Å². The lowest BCUT2D eigenvalue weighted by Crippen LogP contribution is -2.07. The fourth-order valence-electron chi connectivity index (χ4n) is 3.65. The van der Waals surface area contributed by atoms with Crippen molar-refractivity contribution in [2.75, 3.05) is 0 Å². The van der Waals surface area contributed by atoms with Crippen molar-refractivity contribution in [1.29, 1.82) is 0 Å². The Morgan fingerprint density at radius 1 is 0.882 bits per heavy atom. The molecule has 0 radical (unpaired) electrons. The van der Waals surface area contributed by atoms with Crippen LogP contribution in [0.5, 0.6) is 0 Å². The van der Waals surface area contributed by atoms with Crippen molar-refractivity contribution in [2.45, 2.75) is 34.1 Å². The summed E-state index contributed by atoms with van der Waals surface area (Å²) in [6, 6.07) is 0. The molecule has 2 rings (SSSR count). The quantitative estimate of drug-likeness (QED) is 0.336. The predicted octanol–water partition coefficient (Wildman–Crippen LogP) is 8.37. The standard InChI is InChI=1S/C31H35N3/c1-8-14-20-25(11-4)30-32-33-31(34(30)27(12-5)22-15-9-2)29(18-10-3)28(13-6)26-21-17-16-19-24(7)23-26/h8-22H,2,4,6,23H2,1,3,5,7H3/b14-8-,18-10-,22-15-,25-20+,27-12+,29-28-. The first kappa shape index (κ1) is 26.3. The summed E-state index contributed by atoms with van der Waals surface area (Å²) in [5.74, 6) is 1.44. The predicted molar refractivity (Wildman–Crippen MR) is 150 cm³/mol. The van der Waals surface area contributed by atoms with Crippen molar-refractivity contribution in [3.8, 4) is 0 Å². The number of hydrogen-bond acceptors (Lipinski definition) is 2. The molecular formula is C31H35N3. The summed E-state index contributed by atoms with van der Waals surface area (Å²) in [6.07, 6.45) is 30.7. The molecule has 0 saturated heterocycles. The number of hydrogen-bond donors (Lipinski definition) is 0. The minimum atomic E-state index is 0.709. The molecule has 3 heteroatoms. The molecule has 0 aliphatic heterocycles. The first-order chi connectivity index (χ1) is 16.6. The Balaban J connectivity index is 2.95. The van der Waals surface area contributed by atoms with Gasteiger partial charge in [0, 0.05) is 16.8 Å². The molecule has 1 heterocycles. The number of nitrogens with zero attached hydrogens (tertiary/aromatic N) is 3. The van der Waals surface area contributed by atoms with Gasteiger partial charge in [0.25, 0.3) is 0 Å². The zero-order valence-corrected chi connectivity index (χ0v) is 20.8. The maximum Gasteiger partial charge on any atom is 0.169 e. The molecular weight excluding hydrogens is 414 g/mol. The van der Waals surface area contributed by atoms with Gasteiger partial charge in [0.2, 0.25) is 0 Å². The molecule has 0 aromatic carbocycles. The van der Waals surface area contributed by atoms with Crippen LogP contribution in [0.15, 0.2) is 128 Å². The second-order valence-corrected chi connectivity index (χ2v) is 7.64. The van der Waals surface area contributed by atoms with Crippen LogP contribution in [-0.2, 0) is 0 Å². The van der Waals surface area contributed by atoms with E-state index in [0.717, 1.165) is 34.7 Å². The van der Waals surface area contributed by atoms with Gasteiger partial charge in [-0.15, -0.1) is 10.2 Å². The molecule has 0 bridgehead atoms. The Hall–Kier alpha value is -3.98. The summed E-state index contributed by atoms with van der Waals surface area (Å²) < 4.78 is 2.06. The third-order valence-electron chi connectivity index (χ3n) is 5.24. The molecule has 0 N–H and O–H groups in total. The topological polar surface area (TPSA) is 30.7 Å². The van der Waals surface area contributed by atoms with Crippen molar-refractivity contribution in [3.63, 3.8) is 0 Å². The van der Waals surface area contributed by atoms with E-state index in [0.29, 0.717) is 5.82 Å². The van der Waals surface area contributed by atoms with E-state index in [1.165, 1.54) is 11.1 Å². The zero-order chi connectivity index (χ0) is 24.9. The highest BCUT2D eigenvalue weighted by atomic mass is 15.3. The smallest absolute Gasteiger partial charge is 0.169 e. The van der Waals surface area contributed by atoms with Gasteiger partial charge in [-0.1, -0.05) is 110 Å². The molecule has 0 amide bonds. The minimum absolute atomic E-state index is 0.709. The third-order valence-corrected chi connectivity index (χ3v) is 5.24. The summed E-state index contributed by atoms with van der Waals surface area (Å²) in [4.78, 5) is 0. The zero-order valence-electron chi connectivity index (χ0n) is 20.8. The van der Waals surface area contributed by atoms with Crippen LogP contribution in [0.25, 0.3) is 16.8 Å². The second kappa shape index (κ2) is 13.5. The van der Waals surface area contributed by atoms with Crippen molar-refractivity contribution in [2.24, 2.45) is 0 Å². The molecule has 1 aliphatic carbocycles. The summed E-state index contributed by atoms with van der Waals surface area (Å²) in [5.41, 5.74) is 6.24. The van der Waals surface area contributed by atoms with Crippen LogP contribution in [0.2, 0.25) is 0 Å². The summed E-state index contributed by atoms with van der Waals surface area (Å²) in [5, 5.41) is 9.29. The van der Waals surface area contributed by atoms with Gasteiger partial charge in [-0.3, -0.25) is 4.57 Å². The van der Waals surface area contributed by atoms with Crippen LogP contribution in [0, 0.1) is 0 Å². The average molecular weight is 450 g/mol. The van der Waals surface area contributed by atoms with Gasteiger partial charge in [0.1, 0.15) is 0 Å². The molecule has 1 aromatic heterocycles. The molecule has 0 unspecified atom stereocenters. The van der Waals surface area contributed by atoms with Crippen LogP contribution < -0.4 is 0 Å². The van der Waals surface area contributed by atoms with Gasteiger partial charge in [-0.05, 0) is 51.3 Å². The lowest BCUT2D eigenvalue weighted by Gasteiger charge is -2.16. The van der Waals surface area contributed by atoms with E-state index in [2.05, 4.69) is 71.8 Å². The van der Waals surface area contributed by atoms with Gasteiger partial charge in [0.15, 0.2) is 11.6 Å². The maximum absolute atomic E-state index is 4.68. The molecule has 1 aliphatic rings. The molecule has 3 nitrogen and oxygen atoms in total. The molecule has 34 heavy (non-hydrogen) atoms. The van der Waals surface area contributed by atoms with E-state index in [9.17, 15) is 0 Å². The summed E-state index contributed by atoms with van der Waals surface area (Å²) in [7, 11) is 0. The van der Waals surface area contributed by atoms with Gasteiger partial charge >= 0.3 is 0 Å². The summed E-state index contributed by atoms with van der Waals surface area (Å²) in [6.45, 7) is 20.1. The first-order valence-electron chi connectivity index (χ1n) is 11.5. The average Bonchev–Trinajstić information content (AvgIpc) is 3.15. The lowest BCUT2D eigenvalue weighted by molar-refractivity contribution is 1.04. The normalized spacial score (nSPS) is 16.0. The Bertz CT molecular complexity index is 1200. The number of rotatable bonds is 10. The third kappa shape index (κ3) is 6.29. The molecule has 0 spiro atoms. The Morgan fingerprint density at radius 2 is 1.62 bits per heavy atom. The molecule has 0 saturated carbocycles. The lowest BCUT2D eigenvalue weighted by atomic mass is 9.93. The highest BCUT2D eigenvalue weighted by Gasteiger charge is 2.21. The van der Waals surface area contributed by atoms with Gasteiger partial charge in [-0.2, -0.15) is 0 Å². The fraction of sp³-hybridized carbons (Fsp3) is 0.161. The minimum Gasteiger partial charge on any atom is -0.275 e. The highest BCUT2D eigenvalue weighted by Crippen LogP contribution is 2.32. The Morgan fingerprint density at radius 3 is 2.24 bits per heavy atom. The van der Waals surface area contributed by atoms with Gasteiger partial charge in [0.05, 0.1) is 0 Å².